The van der Waals surface area contributed by atoms with Gasteiger partial charge in [0.15, 0.2) is 0 Å². The number of aliphatic imine (C=N–C) groups is 1. The highest BCUT2D eigenvalue weighted by Crippen LogP contribution is 2.21. The van der Waals surface area contributed by atoms with E-state index >= 15 is 0 Å². The average molecular weight is 474 g/mol. The standard InChI is InChI=1S/C27H33N6O2/c1-20-9-11-22(12-10-20)18-33-23(28-25-24(33)26(34)30(3)27(35)29(25)2)19-32-15-13-31(14-16-32)17-21-7-5-4-6-8-21/h4-12,24H,13-19H2,1-3H3/q+1. The predicted octanol–water partition coefficient (Wildman–Crippen LogP) is 2.03. The summed E-state index contributed by atoms with van der Waals surface area (Å²) >= 11 is 0. The molecule has 8 heteroatoms. The van der Waals surface area contributed by atoms with E-state index in [1.54, 1.807) is 14.1 Å². The van der Waals surface area contributed by atoms with E-state index < -0.39 is 6.04 Å². The summed E-state index contributed by atoms with van der Waals surface area (Å²) in [4.78, 5) is 38.2. The Bertz CT molecular complexity index is 1170. The van der Waals surface area contributed by atoms with Gasteiger partial charge in [-0.25, -0.2) is 9.37 Å². The van der Waals surface area contributed by atoms with E-state index in [9.17, 15) is 9.59 Å². The number of imide groups is 1. The lowest BCUT2D eigenvalue weighted by Crippen LogP contribution is -2.61. The fourth-order valence-corrected chi connectivity index (χ4v) is 4.99. The molecule has 1 unspecified atom stereocenters. The number of fused-ring (bicyclic) bond motifs is 1. The molecule has 0 saturated carbocycles. The van der Waals surface area contributed by atoms with E-state index in [0.29, 0.717) is 18.9 Å². The summed E-state index contributed by atoms with van der Waals surface area (Å²) in [5.41, 5.74) is 3.65. The summed E-state index contributed by atoms with van der Waals surface area (Å²) in [5, 5.41) is 0. The molecule has 35 heavy (non-hydrogen) atoms. The van der Waals surface area contributed by atoms with Gasteiger partial charge in [0.2, 0.25) is 0 Å². The molecule has 1 atom stereocenters. The van der Waals surface area contributed by atoms with Crippen LogP contribution in [0.5, 0.6) is 0 Å². The third-order valence-electron chi connectivity index (χ3n) is 7.17. The van der Waals surface area contributed by atoms with E-state index in [2.05, 4.69) is 75.9 Å². The van der Waals surface area contributed by atoms with Crippen LogP contribution in [-0.2, 0) is 17.9 Å². The summed E-state index contributed by atoms with van der Waals surface area (Å²) in [5.74, 6) is 1.16. The Balaban J connectivity index is 1.35. The summed E-state index contributed by atoms with van der Waals surface area (Å²) in [6, 6.07) is 18.0. The fraction of sp³-hybridized carbons (Fsp3) is 0.407. The Morgan fingerprint density at radius 1 is 0.829 bits per heavy atom. The maximum absolute atomic E-state index is 13.2. The molecule has 2 saturated heterocycles. The molecule has 3 aliphatic rings. The summed E-state index contributed by atoms with van der Waals surface area (Å²) < 4.78 is 2.08. The van der Waals surface area contributed by atoms with E-state index in [1.807, 2.05) is 0 Å². The van der Waals surface area contributed by atoms with Crippen molar-refractivity contribution in [3.63, 3.8) is 0 Å². The van der Waals surface area contributed by atoms with Crippen molar-refractivity contribution in [3.8, 4) is 0 Å². The lowest BCUT2D eigenvalue weighted by atomic mass is 10.1. The Morgan fingerprint density at radius 2 is 1.46 bits per heavy atom. The second-order valence-corrected chi connectivity index (χ2v) is 9.68. The van der Waals surface area contributed by atoms with Crippen molar-refractivity contribution in [2.45, 2.75) is 26.1 Å². The van der Waals surface area contributed by atoms with E-state index in [4.69, 9.17) is 4.99 Å². The highest BCUT2D eigenvalue weighted by Gasteiger charge is 2.53. The zero-order valence-corrected chi connectivity index (χ0v) is 20.7. The molecule has 0 bridgehead atoms. The molecule has 5 rings (SSSR count). The van der Waals surface area contributed by atoms with Crippen molar-refractivity contribution < 1.29 is 14.2 Å². The minimum atomic E-state index is -0.571. The summed E-state index contributed by atoms with van der Waals surface area (Å²) in [6.07, 6.45) is 0. The van der Waals surface area contributed by atoms with E-state index in [0.717, 1.165) is 44.1 Å². The molecule has 2 aromatic rings. The Morgan fingerprint density at radius 3 is 2.11 bits per heavy atom. The van der Waals surface area contributed by atoms with Crippen LogP contribution in [0.4, 0.5) is 4.79 Å². The van der Waals surface area contributed by atoms with Crippen molar-refractivity contribution in [1.29, 1.82) is 0 Å². The third-order valence-corrected chi connectivity index (χ3v) is 7.17. The number of amidine groups is 2. The van der Waals surface area contributed by atoms with Gasteiger partial charge in [-0.3, -0.25) is 24.4 Å². The molecule has 2 aromatic carbocycles. The van der Waals surface area contributed by atoms with Crippen LogP contribution in [0.1, 0.15) is 16.7 Å². The fourth-order valence-electron chi connectivity index (χ4n) is 4.99. The van der Waals surface area contributed by atoms with Gasteiger partial charge in [-0.05, 0) is 23.0 Å². The van der Waals surface area contributed by atoms with Gasteiger partial charge in [0.25, 0.3) is 17.8 Å². The molecule has 3 aliphatic heterocycles. The van der Waals surface area contributed by atoms with Gasteiger partial charge in [-0.1, -0.05) is 60.2 Å². The number of aryl methyl sites for hydroxylation is 1. The predicted molar refractivity (Wildman–Crippen MR) is 135 cm³/mol. The van der Waals surface area contributed by atoms with Gasteiger partial charge < -0.3 is 0 Å². The number of carbonyl (C=O) groups excluding carboxylic acids is 2. The van der Waals surface area contributed by atoms with Gasteiger partial charge in [0.1, 0.15) is 13.1 Å². The minimum Gasteiger partial charge on any atom is -0.297 e. The lowest BCUT2D eigenvalue weighted by Gasteiger charge is -2.34. The average Bonchev–Trinajstić information content (AvgIpc) is 3.22. The van der Waals surface area contributed by atoms with Gasteiger partial charge in [0.05, 0.1) is 0 Å². The second kappa shape index (κ2) is 9.71. The number of hydrogen-bond donors (Lipinski definition) is 0. The van der Waals surface area contributed by atoms with Gasteiger partial charge >= 0.3 is 11.9 Å². The highest BCUT2D eigenvalue weighted by molar-refractivity contribution is 6.23. The third kappa shape index (κ3) is 4.76. The molecule has 2 fully saturated rings. The van der Waals surface area contributed by atoms with E-state index in [1.165, 1.54) is 20.9 Å². The minimum absolute atomic E-state index is 0.221. The van der Waals surface area contributed by atoms with Crippen LogP contribution in [0.15, 0.2) is 59.6 Å². The SMILES string of the molecule is Cc1ccc(C[N+]2=C(CN3CCN(Cc4ccccc4)CC3)N=C3C2C(=O)N(C)C(=O)N3C)cc1. The zero-order chi connectivity index (χ0) is 24.5. The number of nitrogens with zero attached hydrogens (tertiary/aromatic N) is 6. The molecular formula is C27H33N6O2+. The first-order chi connectivity index (χ1) is 16.9. The Kier molecular flexibility index (Phi) is 6.49. The van der Waals surface area contributed by atoms with E-state index in [-0.39, 0.29) is 11.9 Å². The molecule has 3 heterocycles. The summed E-state index contributed by atoms with van der Waals surface area (Å²) in [7, 11) is 3.25. The number of benzene rings is 2. The summed E-state index contributed by atoms with van der Waals surface area (Å²) in [6.45, 7) is 8.10. The largest absolute Gasteiger partial charge is 0.333 e. The van der Waals surface area contributed by atoms with Crippen LogP contribution >= 0.6 is 0 Å². The van der Waals surface area contributed by atoms with Crippen LogP contribution in [-0.4, -0.2) is 101 Å². The van der Waals surface area contributed by atoms with Crippen LogP contribution in [0.25, 0.3) is 0 Å². The first kappa shape index (κ1) is 23.4. The molecular weight excluding hydrogens is 440 g/mol. The number of piperazine rings is 1. The Hall–Kier alpha value is -3.36. The number of likely N-dealkylation sites (N-methyl/N-ethyl adjacent to an activating group) is 2. The van der Waals surface area contributed by atoms with Gasteiger partial charge in [-0.2, -0.15) is 0 Å². The number of urea groups is 1. The normalized spacial score (nSPS) is 21.6. The maximum Gasteiger partial charge on any atom is 0.333 e. The van der Waals surface area contributed by atoms with Crippen molar-refractivity contribution in [2.75, 3.05) is 46.8 Å². The van der Waals surface area contributed by atoms with Gasteiger partial charge in [0, 0.05) is 46.8 Å². The Labute approximate surface area is 206 Å². The van der Waals surface area contributed by atoms with Crippen molar-refractivity contribution >= 4 is 23.6 Å². The maximum atomic E-state index is 13.2. The molecule has 3 amide bonds. The monoisotopic (exact) mass is 473 g/mol. The molecule has 182 valence electrons. The zero-order valence-electron chi connectivity index (χ0n) is 20.7. The van der Waals surface area contributed by atoms with Crippen LogP contribution in [0.2, 0.25) is 0 Å². The number of carbonyl (C=O) groups is 2. The molecule has 0 aliphatic carbocycles. The molecule has 0 spiro atoms. The molecule has 0 radical (unpaired) electrons. The molecule has 0 aromatic heterocycles. The smallest absolute Gasteiger partial charge is 0.297 e. The number of hydrogen-bond acceptors (Lipinski definition) is 5. The first-order valence-corrected chi connectivity index (χ1v) is 12.2. The van der Waals surface area contributed by atoms with Crippen molar-refractivity contribution in [3.05, 3.63) is 71.3 Å². The second-order valence-electron chi connectivity index (χ2n) is 9.68. The first-order valence-electron chi connectivity index (χ1n) is 12.2. The number of amides is 3. The quantitative estimate of drug-likeness (QED) is 0.603. The lowest BCUT2D eigenvalue weighted by molar-refractivity contribution is -0.552. The molecule has 0 N–H and O–H groups in total. The molecule has 8 nitrogen and oxygen atoms in total. The highest BCUT2D eigenvalue weighted by atomic mass is 16.2. The topological polar surface area (TPSA) is 62.5 Å². The van der Waals surface area contributed by atoms with Gasteiger partial charge in [-0.15, -0.1) is 0 Å². The van der Waals surface area contributed by atoms with Crippen LogP contribution in [0.3, 0.4) is 0 Å². The van der Waals surface area contributed by atoms with Crippen molar-refractivity contribution in [2.24, 2.45) is 4.99 Å². The van der Waals surface area contributed by atoms with Crippen molar-refractivity contribution in [1.82, 2.24) is 19.6 Å². The number of rotatable bonds is 6. The van der Waals surface area contributed by atoms with Crippen LogP contribution in [0, 0.1) is 6.92 Å². The van der Waals surface area contributed by atoms with Crippen LogP contribution < -0.4 is 0 Å².